The fraction of sp³-hybridized carbons (Fsp3) is 0.571. The molecule has 1 aromatic carbocycles. The summed E-state index contributed by atoms with van der Waals surface area (Å²) >= 11 is 0. The Hall–Kier alpha value is -2.97. The fourth-order valence-electron chi connectivity index (χ4n) is 3.46. The monoisotopic (exact) mass is 422 g/mol. The van der Waals surface area contributed by atoms with E-state index in [1.165, 1.54) is 26.2 Å². The first-order valence-corrected chi connectivity index (χ1v) is 9.86. The van der Waals surface area contributed by atoms with Crippen LogP contribution in [0.1, 0.15) is 30.1 Å². The van der Waals surface area contributed by atoms with Gasteiger partial charge in [0, 0.05) is 25.7 Å². The Morgan fingerprint density at radius 1 is 1.10 bits per heavy atom. The summed E-state index contributed by atoms with van der Waals surface area (Å²) in [5.41, 5.74) is 0.308. The maximum absolute atomic E-state index is 12.9. The van der Waals surface area contributed by atoms with Crippen LogP contribution in [-0.2, 0) is 14.3 Å². The first-order valence-electron chi connectivity index (χ1n) is 9.86. The molecule has 0 saturated carbocycles. The molecule has 0 aliphatic carbocycles. The van der Waals surface area contributed by atoms with Crippen molar-refractivity contribution in [1.29, 1.82) is 0 Å². The van der Waals surface area contributed by atoms with E-state index in [2.05, 4.69) is 0 Å². The molecule has 1 heterocycles. The Labute approximate surface area is 176 Å². The molecule has 0 bridgehead atoms. The Morgan fingerprint density at radius 2 is 1.73 bits per heavy atom. The van der Waals surface area contributed by atoms with Gasteiger partial charge < -0.3 is 28.7 Å². The maximum Gasteiger partial charge on any atom is 0.310 e. The largest absolute Gasteiger partial charge is 0.493 e. The average Bonchev–Trinajstić information content (AvgIpc) is 2.77. The zero-order chi connectivity index (χ0) is 22.3. The van der Waals surface area contributed by atoms with Crippen molar-refractivity contribution >= 4 is 17.8 Å². The molecule has 1 aromatic rings. The van der Waals surface area contributed by atoms with Crippen LogP contribution in [0.4, 0.5) is 0 Å². The minimum Gasteiger partial charge on any atom is -0.493 e. The van der Waals surface area contributed by atoms with Crippen LogP contribution in [0, 0.1) is 5.92 Å². The minimum atomic E-state index is -0.360. The molecule has 1 saturated heterocycles. The van der Waals surface area contributed by atoms with Gasteiger partial charge in [-0.2, -0.15) is 0 Å². The van der Waals surface area contributed by atoms with E-state index in [1.807, 2.05) is 0 Å². The van der Waals surface area contributed by atoms with Crippen LogP contribution in [0.5, 0.6) is 17.2 Å². The predicted molar refractivity (Wildman–Crippen MR) is 109 cm³/mol. The van der Waals surface area contributed by atoms with Gasteiger partial charge >= 0.3 is 5.97 Å². The first-order chi connectivity index (χ1) is 14.4. The molecule has 1 fully saturated rings. The standard InChI is InChI=1S/C21H30N2O7/c1-6-30-21(26)14-8-7-9-23(12-14)18(24)13-22(2)20(25)15-10-16(27-3)19(29-5)17(11-15)28-4/h10-11,14H,6-9,12-13H2,1-5H3. The van der Waals surface area contributed by atoms with Crippen LogP contribution in [0.3, 0.4) is 0 Å². The molecule has 0 radical (unpaired) electrons. The molecule has 1 atom stereocenters. The number of carbonyl (C=O) groups excluding carboxylic acids is 3. The van der Waals surface area contributed by atoms with E-state index in [-0.39, 0.29) is 30.2 Å². The van der Waals surface area contributed by atoms with E-state index in [4.69, 9.17) is 18.9 Å². The third-order valence-corrected chi connectivity index (χ3v) is 5.02. The number of piperidine rings is 1. The van der Waals surface area contributed by atoms with Crippen molar-refractivity contribution in [3.8, 4) is 17.2 Å². The summed E-state index contributed by atoms with van der Waals surface area (Å²) in [6.45, 7) is 2.83. The summed E-state index contributed by atoms with van der Waals surface area (Å²) in [5, 5.41) is 0. The number of hydrogen-bond acceptors (Lipinski definition) is 7. The Bertz CT molecular complexity index is 756. The van der Waals surface area contributed by atoms with Gasteiger partial charge in [0.2, 0.25) is 11.7 Å². The Kier molecular flexibility index (Phi) is 8.32. The third kappa shape index (κ3) is 5.34. The van der Waals surface area contributed by atoms with Crippen LogP contribution in [0.15, 0.2) is 12.1 Å². The van der Waals surface area contributed by atoms with Crippen molar-refractivity contribution in [2.75, 3.05) is 54.6 Å². The molecular weight excluding hydrogens is 392 g/mol. The number of methoxy groups -OCH3 is 3. The van der Waals surface area contributed by atoms with Gasteiger partial charge in [-0.05, 0) is 31.9 Å². The minimum absolute atomic E-state index is 0.106. The van der Waals surface area contributed by atoms with Crippen LogP contribution in [0.2, 0.25) is 0 Å². The zero-order valence-electron chi connectivity index (χ0n) is 18.2. The molecule has 2 rings (SSSR count). The molecular formula is C21H30N2O7. The van der Waals surface area contributed by atoms with E-state index < -0.39 is 0 Å². The van der Waals surface area contributed by atoms with Crippen molar-refractivity contribution in [3.63, 3.8) is 0 Å². The van der Waals surface area contributed by atoms with Crippen LogP contribution >= 0.6 is 0 Å². The van der Waals surface area contributed by atoms with Crippen molar-refractivity contribution in [2.45, 2.75) is 19.8 Å². The average molecular weight is 422 g/mol. The lowest BCUT2D eigenvalue weighted by molar-refractivity contribution is -0.151. The lowest BCUT2D eigenvalue weighted by atomic mass is 9.98. The summed E-state index contributed by atoms with van der Waals surface area (Å²) in [4.78, 5) is 40.6. The van der Waals surface area contributed by atoms with E-state index in [9.17, 15) is 14.4 Å². The molecule has 0 aromatic heterocycles. The van der Waals surface area contributed by atoms with Gasteiger partial charge in [-0.15, -0.1) is 0 Å². The normalized spacial score (nSPS) is 15.9. The molecule has 0 N–H and O–H groups in total. The number of ether oxygens (including phenoxy) is 4. The Balaban J connectivity index is 2.08. The second kappa shape index (κ2) is 10.7. The summed E-state index contributed by atoms with van der Waals surface area (Å²) in [6.07, 6.45) is 1.42. The number of nitrogens with zero attached hydrogens (tertiary/aromatic N) is 2. The van der Waals surface area contributed by atoms with E-state index in [0.717, 1.165) is 6.42 Å². The summed E-state index contributed by atoms with van der Waals surface area (Å²) in [6, 6.07) is 3.09. The molecule has 9 heteroatoms. The molecule has 1 aliphatic rings. The highest BCUT2D eigenvalue weighted by Crippen LogP contribution is 2.38. The van der Waals surface area contributed by atoms with Crippen LogP contribution < -0.4 is 14.2 Å². The zero-order valence-corrected chi connectivity index (χ0v) is 18.2. The van der Waals surface area contributed by atoms with Gasteiger partial charge in [-0.1, -0.05) is 0 Å². The maximum atomic E-state index is 12.9. The smallest absolute Gasteiger partial charge is 0.310 e. The summed E-state index contributed by atoms with van der Waals surface area (Å²) in [5.74, 6) is -0.0838. The van der Waals surface area contributed by atoms with E-state index >= 15 is 0 Å². The van der Waals surface area contributed by atoms with Crippen molar-refractivity contribution < 1.29 is 33.3 Å². The van der Waals surface area contributed by atoms with Crippen molar-refractivity contribution in [2.24, 2.45) is 5.92 Å². The number of amides is 2. The number of carbonyl (C=O) groups is 3. The second-order valence-corrected chi connectivity index (χ2v) is 7.01. The molecule has 1 aliphatic heterocycles. The second-order valence-electron chi connectivity index (χ2n) is 7.01. The highest BCUT2D eigenvalue weighted by Gasteiger charge is 2.30. The highest BCUT2D eigenvalue weighted by atomic mass is 16.5. The Morgan fingerprint density at radius 3 is 2.27 bits per heavy atom. The predicted octanol–water partition coefficient (Wildman–Crippen LogP) is 1.59. The number of likely N-dealkylation sites (tertiary alicyclic amines) is 1. The van der Waals surface area contributed by atoms with Crippen molar-refractivity contribution in [1.82, 2.24) is 9.80 Å². The number of hydrogen-bond donors (Lipinski definition) is 0. The topological polar surface area (TPSA) is 94.6 Å². The number of likely N-dealkylation sites (N-methyl/N-ethyl adjacent to an activating group) is 1. The number of rotatable bonds is 8. The van der Waals surface area contributed by atoms with E-state index in [1.54, 1.807) is 31.0 Å². The lowest BCUT2D eigenvalue weighted by Gasteiger charge is -2.32. The molecule has 30 heavy (non-hydrogen) atoms. The van der Waals surface area contributed by atoms with Gasteiger partial charge in [0.15, 0.2) is 11.5 Å². The highest BCUT2D eigenvalue weighted by molar-refractivity contribution is 5.97. The SMILES string of the molecule is CCOC(=O)C1CCCN(C(=O)CN(C)C(=O)c2cc(OC)c(OC)c(OC)c2)C1. The van der Waals surface area contributed by atoms with Crippen LogP contribution in [-0.4, -0.2) is 82.2 Å². The summed E-state index contributed by atoms with van der Waals surface area (Å²) < 4.78 is 20.9. The quantitative estimate of drug-likeness (QED) is 0.587. The number of esters is 1. The first kappa shape index (κ1) is 23.3. The van der Waals surface area contributed by atoms with Gasteiger partial charge in [0.1, 0.15) is 0 Å². The van der Waals surface area contributed by atoms with Gasteiger partial charge in [0.05, 0.1) is 40.4 Å². The van der Waals surface area contributed by atoms with Gasteiger partial charge in [-0.25, -0.2) is 0 Å². The third-order valence-electron chi connectivity index (χ3n) is 5.02. The van der Waals surface area contributed by atoms with Crippen molar-refractivity contribution in [3.05, 3.63) is 17.7 Å². The van der Waals surface area contributed by atoms with Crippen LogP contribution in [0.25, 0.3) is 0 Å². The molecule has 166 valence electrons. The van der Waals surface area contributed by atoms with Gasteiger partial charge in [-0.3, -0.25) is 14.4 Å². The molecule has 1 unspecified atom stereocenters. The summed E-state index contributed by atoms with van der Waals surface area (Å²) in [7, 11) is 5.97. The molecule has 2 amide bonds. The van der Waals surface area contributed by atoms with Gasteiger partial charge in [0.25, 0.3) is 5.91 Å². The number of benzene rings is 1. The molecule has 0 spiro atoms. The fourth-order valence-corrected chi connectivity index (χ4v) is 3.46. The van der Waals surface area contributed by atoms with E-state index in [0.29, 0.717) is 48.9 Å². The lowest BCUT2D eigenvalue weighted by Crippen LogP contribution is -2.47. The molecule has 9 nitrogen and oxygen atoms in total.